The third-order valence-corrected chi connectivity index (χ3v) is 5.33. The maximum Gasteiger partial charge on any atom is 0.193 e. The monoisotopic (exact) mass is 468 g/mol. The van der Waals surface area contributed by atoms with Crippen LogP contribution >= 0.6 is 24.0 Å². The normalized spacial score (nSPS) is 21.5. The summed E-state index contributed by atoms with van der Waals surface area (Å²) in [5, 5.41) is 3.49. The fourth-order valence-electron chi connectivity index (χ4n) is 3.76. The first-order valence-corrected chi connectivity index (χ1v) is 9.74. The number of benzene rings is 1. The Hall–Kier alpha value is -1.08. The maximum absolute atomic E-state index is 4.95. The minimum absolute atomic E-state index is 0. The second-order valence-corrected chi connectivity index (χ2v) is 7.17. The smallest absolute Gasteiger partial charge is 0.193 e. The van der Waals surface area contributed by atoms with Crippen molar-refractivity contribution in [2.75, 3.05) is 39.8 Å². The van der Waals surface area contributed by atoms with E-state index < -0.39 is 0 Å². The lowest BCUT2D eigenvalue weighted by Crippen LogP contribution is -2.45. The Morgan fingerprint density at radius 1 is 1.19 bits per heavy atom. The van der Waals surface area contributed by atoms with Crippen molar-refractivity contribution in [1.29, 1.82) is 0 Å². The van der Waals surface area contributed by atoms with E-state index in [1.54, 1.807) is 5.57 Å². The zero-order valence-electron chi connectivity index (χ0n) is 16.2. The highest BCUT2D eigenvalue weighted by Gasteiger charge is 2.22. The standard InChI is InChI=1S/C21H32N4.HI/c1-3-22-21(23-17-20-10-7-13-24(20)2)25-14-11-19(12-15-25)16-18-8-5-4-6-9-18;/h4-6,8-9,16,20H,3,7,10-15,17H2,1-2H3,(H,22,23);1H. The molecular weight excluding hydrogens is 435 g/mol. The van der Waals surface area contributed by atoms with Gasteiger partial charge in [-0.2, -0.15) is 0 Å². The molecule has 0 amide bonds. The van der Waals surface area contributed by atoms with Gasteiger partial charge in [-0.3, -0.25) is 4.99 Å². The lowest BCUT2D eigenvalue weighted by molar-refractivity contribution is 0.314. The number of hydrogen-bond donors (Lipinski definition) is 1. The number of nitrogens with one attached hydrogen (secondary N) is 1. The van der Waals surface area contributed by atoms with Crippen molar-refractivity contribution in [3.63, 3.8) is 0 Å². The van der Waals surface area contributed by atoms with E-state index in [2.05, 4.69) is 65.5 Å². The molecule has 2 heterocycles. The molecule has 0 aromatic heterocycles. The summed E-state index contributed by atoms with van der Waals surface area (Å²) in [5.74, 6) is 1.10. The van der Waals surface area contributed by atoms with Crippen LogP contribution in [0.5, 0.6) is 0 Å². The molecule has 0 aliphatic carbocycles. The summed E-state index contributed by atoms with van der Waals surface area (Å²) in [5.41, 5.74) is 2.87. The van der Waals surface area contributed by atoms with Crippen LogP contribution in [-0.2, 0) is 0 Å². The van der Waals surface area contributed by atoms with E-state index in [-0.39, 0.29) is 24.0 Å². The Labute approximate surface area is 175 Å². The number of piperidine rings is 1. The quantitative estimate of drug-likeness (QED) is 0.414. The second-order valence-electron chi connectivity index (χ2n) is 7.17. The van der Waals surface area contributed by atoms with Crippen molar-refractivity contribution in [3.05, 3.63) is 41.5 Å². The molecule has 144 valence electrons. The molecule has 1 atom stereocenters. The van der Waals surface area contributed by atoms with E-state index in [4.69, 9.17) is 4.99 Å². The van der Waals surface area contributed by atoms with Crippen LogP contribution < -0.4 is 5.32 Å². The molecule has 4 nitrogen and oxygen atoms in total. The lowest BCUT2D eigenvalue weighted by atomic mass is 10.0. The first kappa shape index (κ1) is 21.2. The number of likely N-dealkylation sites (tertiary alicyclic amines) is 2. The summed E-state index contributed by atoms with van der Waals surface area (Å²) in [7, 11) is 2.22. The molecule has 2 aliphatic heterocycles. The topological polar surface area (TPSA) is 30.9 Å². The van der Waals surface area contributed by atoms with Crippen molar-refractivity contribution in [1.82, 2.24) is 15.1 Å². The predicted octanol–water partition coefficient (Wildman–Crippen LogP) is 3.84. The van der Waals surface area contributed by atoms with Gasteiger partial charge in [0.15, 0.2) is 5.96 Å². The highest BCUT2D eigenvalue weighted by Crippen LogP contribution is 2.20. The van der Waals surface area contributed by atoms with Gasteiger partial charge in [0.2, 0.25) is 0 Å². The predicted molar refractivity (Wildman–Crippen MR) is 122 cm³/mol. The van der Waals surface area contributed by atoms with Crippen molar-refractivity contribution in [2.24, 2.45) is 4.99 Å². The van der Waals surface area contributed by atoms with Crippen LogP contribution in [0.25, 0.3) is 6.08 Å². The third kappa shape index (κ3) is 5.98. The summed E-state index contributed by atoms with van der Waals surface area (Å²) in [4.78, 5) is 9.83. The van der Waals surface area contributed by atoms with Crippen LogP contribution in [0.3, 0.4) is 0 Å². The largest absolute Gasteiger partial charge is 0.357 e. The van der Waals surface area contributed by atoms with Gasteiger partial charge in [0.25, 0.3) is 0 Å². The molecule has 5 heteroatoms. The molecule has 26 heavy (non-hydrogen) atoms. The van der Waals surface area contributed by atoms with Crippen molar-refractivity contribution in [3.8, 4) is 0 Å². The molecule has 2 fully saturated rings. The van der Waals surface area contributed by atoms with Crippen LogP contribution in [0, 0.1) is 0 Å². The Balaban J connectivity index is 0.00000243. The molecular formula is C21H33IN4. The summed E-state index contributed by atoms with van der Waals surface area (Å²) >= 11 is 0. The van der Waals surface area contributed by atoms with Gasteiger partial charge >= 0.3 is 0 Å². The van der Waals surface area contributed by atoms with Crippen LogP contribution in [0.4, 0.5) is 0 Å². The summed E-state index contributed by atoms with van der Waals surface area (Å²) in [6.07, 6.45) is 7.20. The molecule has 3 rings (SSSR count). The first-order valence-electron chi connectivity index (χ1n) is 9.74. The van der Waals surface area contributed by atoms with Crippen LogP contribution in [0.2, 0.25) is 0 Å². The van der Waals surface area contributed by atoms with Gasteiger partial charge in [-0.15, -0.1) is 24.0 Å². The van der Waals surface area contributed by atoms with E-state index in [0.717, 1.165) is 45.0 Å². The molecule has 1 aromatic rings. The Kier molecular flexibility index (Phi) is 8.91. The molecule has 1 aromatic carbocycles. The van der Waals surface area contributed by atoms with Crippen molar-refractivity contribution >= 4 is 36.0 Å². The minimum Gasteiger partial charge on any atom is -0.357 e. The number of likely N-dealkylation sites (N-methyl/N-ethyl adjacent to an activating group) is 1. The van der Waals surface area contributed by atoms with E-state index in [1.165, 1.54) is 24.9 Å². The molecule has 1 unspecified atom stereocenters. The van der Waals surface area contributed by atoms with Gasteiger partial charge in [-0.25, -0.2) is 0 Å². The van der Waals surface area contributed by atoms with Gasteiger partial charge in [0.1, 0.15) is 0 Å². The lowest BCUT2D eigenvalue weighted by Gasteiger charge is -2.32. The van der Waals surface area contributed by atoms with E-state index >= 15 is 0 Å². The molecule has 0 saturated carbocycles. The van der Waals surface area contributed by atoms with Gasteiger partial charge in [-0.05, 0) is 51.8 Å². The van der Waals surface area contributed by atoms with Crippen LogP contribution in [0.1, 0.15) is 38.2 Å². The molecule has 0 bridgehead atoms. The molecule has 0 spiro atoms. The molecule has 1 N–H and O–H groups in total. The Morgan fingerprint density at radius 3 is 2.54 bits per heavy atom. The summed E-state index contributed by atoms with van der Waals surface area (Å²) < 4.78 is 0. The number of halogens is 1. The number of nitrogens with zero attached hydrogens (tertiary/aromatic N) is 3. The van der Waals surface area contributed by atoms with Crippen molar-refractivity contribution < 1.29 is 0 Å². The van der Waals surface area contributed by atoms with E-state index in [1.807, 2.05) is 0 Å². The van der Waals surface area contributed by atoms with Gasteiger partial charge in [-0.1, -0.05) is 42.0 Å². The average Bonchev–Trinajstić information content (AvgIpc) is 3.05. The molecule has 0 radical (unpaired) electrons. The fourth-order valence-corrected chi connectivity index (χ4v) is 3.76. The Morgan fingerprint density at radius 2 is 1.92 bits per heavy atom. The van der Waals surface area contributed by atoms with Crippen molar-refractivity contribution in [2.45, 2.75) is 38.6 Å². The van der Waals surface area contributed by atoms with Crippen LogP contribution in [0.15, 0.2) is 40.9 Å². The molecule has 2 saturated heterocycles. The maximum atomic E-state index is 4.95. The van der Waals surface area contributed by atoms with E-state index in [9.17, 15) is 0 Å². The fraction of sp³-hybridized carbons (Fsp3) is 0.571. The minimum atomic E-state index is 0. The van der Waals surface area contributed by atoms with Crippen LogP contribution in [-0.4, -0.2) is 61.6 Å². The number of aliphatic imine (C=N–C) groups is 1. The van der Waals surface area contributed by atoms with Gasteiger partial charge in [0.05, 0.1) is 6.54 Å². The Bertz CT molecular complexity index is 589. The summed E-state index contributed by atoms with van der Waals surface area (Å²) in [6, 6.07) is 11.3. The number of rotatable bonds is 4. The van der Waals surface area contributed by atoms with Gasteiger partial charge in [0, 0.05) is 25.7 Å². The number of guanidine groups is 1. The first-order chi connectivity index (χ1) is 12.3. The highest BCUT2D eigenvalue weighted by atomic mass is 127. The zero-order chi connectivity index (χ0) is 17.5. The number of hydrogen-bond acceptors (Lipinski definition) is 2. The highest BCUT2D eigenvalue weighted by molar-refractivity contribution is 14.0. The summed E-state index contributed by atoms with van der Waals surface area (Å²) in [6.45, 7) is 7.34. The second kappa shape index (κ2) is 10.9. The molecule has 2 aliphatic rings. The SMILES string of the molecule is CCNC(=NCC1CCCN1C)N1CCC(=Cc2ccccc2)CC1.I. The van der Waals surface area contributed by atoms with Gasteiger partial charge < -0.3 is 15.1 Å². The van der Waals surface area contributed by atoms with E-state index in [0.29, 0.717) is 6.04 Å². The average molecular weight is 468 g/mol. The third-order valence-electron chi connectivity index (χ3n) is 5.33. The zero-order valence-corrected chi connectivity index (χ0v) is 18.5.